The van der Waals surface area contributed by atoms with Crippen LogP contribution in [0.4, 0.5) is 0 Å². The molecule has 7 fully saturated rings. The third-order valence-corrected chi connectivity index (χ3v) is 21.7. The molecule has 14 rings (SSSR count). The fourth-order valence-electron chi connectivity index (χ4n) is 15.0. The van der Waals surface area contributed by atoms with Crippen molar-refractivity contribution in [1.82, 2.24) is 34.3 Å². The van der Waals surface area contributed by atoms with Crippen LogP contribution in [0.3, 0.4) is 0 Å². The smallest absolute Gasteiger partial charge is 0.118 e. The maximum Gasteiger partial charge on any atom is 0.118 e. The van der Waals surface area contributed by atoms with E-state index in [2.05, 4.69) is 33.2 Å². The number of rotatable bonds is 35. The highest BCUT2D eigenvalue weighted by Crippen LogP contribution is 2.49. The Kier molecular flexibility index (Phi) is 15.1. The first-order valence-electron chi connectivity index (χ1n) is 99.2. The molecule has 21 nitrogen and oxygen atoms in total. The summed E-state index contributed by atoms with van der Waals surface area (Å²) in [6.07, 6.45) is -56.2. The molecule has 0 unspecified atom stereocenters. The summed E-state index contributed by atoms with van der Waals surface area (Å²) in [7, 11) is -15.1. The molecule has 0 aromatic heterocycles. The summed E-state index contributed by atoms with van der Waals surface area (Å²) >= 11 is 0. The lowest BCUT2D eigenvalue weighted by atomic mass is 9.72. The van der Waals surface area contributed by atoms with Gasteiger partial charge in [-0.2, -0.15) is 0 Å². The summed E-state index contributed by atoms with van der Waals surface area (Å²) in [5.41, 5.74) is -27.9. The van der Waals surface area contributed by atoms with E-state index in [1.165, 1.54) is 33.1 Å². The standard InChI is InChI=1S/7C17H27NO2/c7*1-18(2)13-16(17(19)11-5-4-6-12-17)14-7-9-15(20-3)10-8-14/h7*7-10,16,19H,4-6,11-13H2,1-3H3/t7*16-/m1111111/s1/i1D3,2D3,3D3,4D2,5D2,6D2,7D,8D,9D,10D,11D2,12D2;1D3,3D3,4D2,5D2,6D2,7D,8D,9D,10D,11D2,12D2;3D3,4D2,5D2,6D2,7D,8D,9D,10D,11D2,12D2;1D3,2D3,3D3,7D,8D,9D,10D,13D2,16D;1D3,3D3,7D,8D,9D,10D,13D2,16D;1D3,2D3,3D3,7D,8D,9D,10D,16D;3D3,7D,8D,9D,10D,13D2,16D. The molecule has 7 aromatic rings. The molecule has 7 aliphatic carbocycles. The van der Waals surface area contributed by atoms with Crippen molar-refractivity contribution >= 4 is 0 Å². The van der Waals surface area contributed by atoms with Crippen LogP contribution in [0, 0.1) is 0 Å². The topological polar surface area (TPSA) is 229 Å². The van der Waals surface area contributed by atoms with Gasteiger partial charge in [0.1, 0.15) is 40.2 Å². The van der Waals surface area contributed by atoms with Gasteiger partial charge in [0.2, 0.25) is 0 Å². The molecule has 784 valence electrons. The van der Waals surface area contributed by atoms with Gasteiger partial charge in [0.15, 0.2) is 0 Å². The van der Waals surface area contributed by atoms with E-state index in [9.17, 15) is 41.2 Å². The van der Waals surface area contributed by atoms with Crippen LogP contribution in [0.25, 0.3) is 0 Å². The normalized spacial score (nSPS) is 39.6. The lowest BCUT2D eigenvalue weighted by Crippen LogP contribution is -2.42. The Bertz CT molecular complexity index is 9850. The van der Waals surface area contributed by atoms with E-state index in [0.717, 1.165) is 25.4 Å². The van der Waals surface area contributed by atoms with Gasteiger partial charge in [-0.15, -0.1) is 0 Å². The van der Waals surface area contributed by atoms with E-state index >= 15 is 0 Å². The van der Waals surface area contributed by atoms with Crippen LogP contribution in [0.1, 0.15) is 459 Å². The number of likely N-dealkylation sites (N-methyl/N-ethyl adjacent to an activating group) is 7. The number of hydrogen-bond donors (Lipinski definition) is 7. The van der Waals surface area contributed by atoms with E-state index in [0.29, 0.717) is 62.7 Å². The molecule has 7 N–H and O–H groups in total. The largest absolute Gasteiger partial charge is 0.497 e. The molecule has 7 aliphatic rings. The molecular formula is C119H189N7O14. The predicted octanol–water partition coefficient (Wildman–Crippen LogP) is 21.2. The monoisotopic (exact) mass is 2050 g/mol. The molecule has 7 atom stereocenters. The minimum Gasteiger partial charge on any atom is -0.497 e. The molecule has 21 heteroatoms. The number of methoxy groups -OCH3 is 7. The zero-order chi connectivity index (χ0) is 200. The molecule has 7 saturated carbocycles. The minimum atomic E-state index is -4.40. The number of hydrogen-bond acceptors (Lipinski definition) is 21. The first-order chi connectivity index (χ1) is 111. The van der Waals surface area contributed by atoms with E-state index in [1.54, 1.807) is 0 Å². The van der Waals surface area contributed by atoms with Crippen molar-refractivity contribution < 1.29 is 224 Å². The Labute approximate surface area is 1010 Å². The van der Waals surface area contributed by atoms with Gasteiger partial charge >= 0.3 is 0 Å². The second kappa shape index (κ2) is 58.7. The van der Waals surface area contributed by atoms with Gasteiger partial charge in [-0.05, 0) is 311 Å². The first-order valence-corrected chi connectivity index (χ1v) is 42.7. The van der Waals surface area contributed by atoms with E-state index in [-0.39, 0.29) is 74.0 Å². The van der Waals surface area contributed by atoms with Crippen molar-refractivity contribution in [3.05, 3.63) is 208 Å². The van der Waals surface area contributed by atoms with Crippen molar-refractivity contribution in [2.45, 2.75) is 305 Å². The Morgan fingerprint density at radius 3 is 0.671 bits per heavy atom. The third kappa shape index (κ3) is 36.7. The van der Waals surface area contributed by atoms with Gasteiger partial charge < -0.3 is 103 Å². The van der Waals surface area contributed by atoms with Crippen LogP contribution in [0.2, 0.25) is 0 Å². The molecular weight excluding hydrogens is 1750 g/mol. The second-order valence-corrected chi connectivity index (χ2v) is 32.5. The van der Waals surface area contributed by atoms with Crippen molar-refractivity contribution in [2.24, 2.45) is 0 Å². The van der Waals surface area contributed by atoms with Gasteiger partial charge in [-0.1, -0.05) is 219 Å². The molecule has 0 radical (unpaired) electrons. The fraction of sp³-hybridized carbons (Fsp3) is 0.647. The second-order valence-electron chi connectivity index (χ2n) is 32.5. The number of nitrogens with zero attached hydrogens (tertiary/aromatic N) is 7. The van der Waals surface area contributed by atoms with E-state index in [4.69, 9.17) is 149 Å². The summed E-state index contributed by atoms with van der Waals surface area (Å²) in [5.74, 6) is -26.5. The van der Waals surface area contributed by atoms with Crippen molar-refractivity contribution in [3.8, 4) is 40.2 Å². The Hall–Kier alpha value is -7.42. The zero-order valence-corrected chi connectivity index (χ0v) is 76.8. The number of benzene rings is 7. The maximum atomic E-state index is 12.0. The van der Waals surface area contributed by atoms with Crippen LogP contribution < -0.4 is 33.2 Å². The van der Waals surface area contributed by atoms with E-state index in [1.807, 2.05) is 0 Å². The third-order valence-electron chi connectivity index (χ3n) is 21.7. The van der Waals surface area contributed by atoms with Crippen LogP contribution in [-0.4, -0.2) is 302 Å². The van der Waals surface area contributed by atoms with Gasteiger partial charge in [-0.25, -0.2) is 0 Å². The Morgan fingerprint density at radius 1 is 0.243 bits per heavy atom. The summed E-state index contributed by atoms with van der Waals surface area (Å²) in [6.45, 7) is -42.0. The van der Waals surface area contributed by atoms with Crippen LogP contribution in [-0.2, 0) is 0 Å². The predicted molar refractivity (Wildman–Crippen MR) is 576 cm³/mol. The highest BCUT2D eigenvalue weighted by molar-refractivity contribution is 5.38. The Balaban J connectivity index is 0.000000347. The average Bonchev–Trinajstić information content (AvgIpc) is 0.650. The number of aliphatic hydroxyl groups is 7. The highest BCUT2D eigenvalue weighted by atomic mass is 16.5. The van der Waals surface area contributed by atoms with Crippen molar-refractivity contribution in [3.63, 3.8) is 0 Å². The SMILES string of the molecule is [2H]c1c([2H])c([C@@H](CN(C([2H])([2H])[2H])C([2H])([2H])[2H])C2(O)C([2H])([2H])C([2H])([2H])C([2H])([2H])C([2H])([2H])C2([2H])[2H])c([2H])c([2H])c1OC([2H])([2H])[2H].[2H]c1c([2H])c([C@@H](CN(C)C([2H])([2H])[2H])C2(O)C([2H])([2H])C([2H])([2H])C([2H])([2H])C([2H])([2H])C2([2H])[2H])c([2H])c([2H])c1OC([2H])([2H])[2H].[2H]c1c([2H])c([C@@H](CN(C)C)C2(O)C([2H])([2H])C([2H])([2H])C([2H])([2H])C([2H])([2H])C2([2H])[2H])c([2H])c([2H])c1OC([2H])([2H])[2H].[2H]c1c([2H])c([C@@]([2H])(CN(C([2H])([2H])[2H])C([2H])([2H])[2H])C2(O)CCCCC2)c([2H])c([2H])c1OC([2H])([2H])[2H].[2H]c1c([2H])c([C@]([2H])(C2(O)CCCCC2)C([2H])([2H])N(C([2H])([2H])[2H])C([2H])([2H])[2H])c([2H])c([2H])c1OC([2H])([2H])[2H].[2H]c1c([2H])c([C@]([2H])(C2(O)CCCCC2)C([2H])([2H])N(C)C([2H])([2H])[2H])c([2H])c([2H])c1OC([2H])([2H])[2H].[2H]c1c([2H])c([C@]([2H])(C2(O)CCCCC2)C([2H])([2H])N(C)C)c([2H])c([2H])c1OC([2H])([2H])[2H]. The molecule has 0 heterocycles. The lowest BCUT2D eigenvalue weighted by molar-refractivity contribution is -0.0280. The van der Waals surface area contributed by atoms with Gasteiger partial charge in [0.25, 0.3) is 0 Å². The molecule has 0 bridgehead atoms. The molecule has 0 amide bonds. The average molecular weight is 2060 g/mol. The first kappa shape index (κ1) is 36.0. The highest BCUT2D eigenvalue weighted by Gasteiger charge is 2.46. The van der Waals surface area contributed by atoms with Gasteiger partial charge in [0.05, 0.1) is 156 Å². The van der Waals surface area contributed by atoms with Crippen LogP contribution in [0.5, 0.6) is 40.2 Å². The zero-order valence-electron chi connectivity index (χ0n) is 190. The summed E-state index contributed by atoms with van der Waals surface area (Å²) in [4.78, 5) is 1.98. The molecule has 7 aromatic carbocycles. The minimum absolute atomic E-state index is 0.0402. The lowest BCUT2D eigenvalue weighted by Gasteiger charge is -2.40. The molecule has 140 heavy (non-hydrogen) atoms. The summed E-state index contributed by atoms with van der Waals surface area (Å²) in [5, 5.41) is 81.9. The quantitative estimate of drug-likeness (QED) is 0.0196. The van der Waals surface area contributed by atoms with Crippen LogP contribution in [0.15, 0.2) is 169 Å². The molecule has 0 saturated heterocycles. The van der Waals surface area contributed by atoms with Crippen LogP contribution >= 0.6 is 0 Å². The van der Waals surface area contributed by atoms with Gasteiger partial charge in [0, 0.05) is 175 Å². The summed E-state index contributed by atoms with van der Waals surface area (Å²) < 4.78 is 937. The van der Waals surface area contributed by atoms with Crippen molar-refractivity contribution in [1.29, 1.82) is 0 Å². The summed E-state index contributed by atoms with van der Waals surface area (Å²) in [6, 6.07) is -30.4. The fourth-order valence-corrected chi connectivity index (χ4v) is 15.0. The molecule has 0 spiro atoms. The maximum absolute atomic E-state index is 12.0. The number of ether oxygens (including phenoxy) is 7. The van der Waals surface area contributed by atoms with Gasteiger partial charge in [-0.3, -0.25) is 0 Å². The molecule has 0 aliphatic heterocycles. The Morgan fingerprint density at radius 2 is 0.443 bits per heavy atom. The van der Waals surface area contributed by atoms with E-state index < -0.39 is 585 Å². The van der Waals surface area contributed by atoms with Crippen molar-refractivity contribution in [2.75, 3.05) is 193 Å².